The molecule has 4 aromatic rings. The highest BCUT2D eigenvalue weighted by atomic mass is 19.4. The molecule has 0 unspecified atom stereocenters. The summed E-state index contributed by atoms with van der Waals surface area (Å²) in [5, 5.41) is 29.1. The van der Waals surface area contributed by atoms with Gasteiger partial charge in [0.1, 0.15) is 36.9 Å². The Morgan fingerprint density at radius 2 is 1.79 bits per heavy atom. The predicted octanol–water partition coefficient (Wildman–Crippen LogP) is 2.85. The van der Waals surface area contributed by atoms with Crippen molar-refractivity contribution in [1.82, 2.24) is 24.5 Å². The Balaban J connectivity index is 1.49. The summed E-state index contributed by atoms with van der Waals surface area (Å²) in [7, 11) is 1.37. The summed E-state index contributed by atoms with van der Waals surface area (Å²) in [6, 6.07) is 5.24. The second kappa shape index (κ2) is 10.0. The molecule has 2 aliphatic rings. The molecule has 15 heteroatoms. The number of methoxy groups -OCH3 is 1. The molecule has 1 fully saturated rings. The fraction of sp³-hybridized carbons (Fsp3) is 0.296. The second-order valence-electron chi connectivity index (χ2n) is 9.64. The van der Waals surface area contributed by atoms with Crippen molar-refractivity contribution in [2.24, 2.45) is 0 Å². The van der Waals surface area contributed by atoms with Gasteiger partial charge in [-0.2, -0.15) is 13.2 Å². The van der Waals surface area contributed by atoms with Crippen LogP contribution in [0.4, 0.5) is 13.2 Å². The molecule has 218 valence electrons. The number of imidazole rings is 1. The number of hydrogen-bond acceptors (Lipinski definition) is 11. The molecule has 0 atom stereocenters. The summed E-state index contributed by atoms with van der Waals surface area (Å²) in [6.45, 7) is -0.147. The zero-order valence-corrected chi connectivity index (χ0v) is 21.8. The Bertz CT molecular complexity index is 1700. The lowest BCUT2D eigenvalue weighted by Crippen LogP contribution is -2.32. The van der Waals surface area contributed by atoms with Gasteiger partial charge >= 0.3 is 12.3 Å². The molecule has 3 N–H and O–H groups in total. The Morgan fingerprint density at radius 3 is 2.48 bits per heavy atom. The van der Waals surface area contributed by atoms with E-state index in [4.69, 9.17) is 14.2 Å². The summed E-state index contributed by atoms with van der Waals surface area (Å²) in [4.78, 5) is 30.5. The van der Waals surface area contributed by atoms with Gasteiger partial charge in [-0.3, -0.25) is 14.3 Å². The molecule has 4 heterocycles. The Hall–Kier alpha value is -4.60. The van der Waals surface area contributed by atoms with E-state index in [1.807, 2.05) is 0 Å². The molecule has 0 spiro atoms. The van der Waals surface area contributed by atoms with Crippen LogP contribution in [0, 0.1) is 0 Å². The minimum atomic E-state index is -4.96. The quantitative estimate of drug-likeness (QED) is 0.302. The number of ketones is 1. The minimum Gasteiger partial charge on any atom is -0.494 e. The van der Waals surface area contributed by atoms with E-state index >= 15 is 0 Å². The van der Waals surface area contributed by atoms with Gasteiger partial charge in [0.2, 0.25) is 11.7 Å². The first-order valence-electron chi connectivity index (χ1n) is 12.6. The Kier molecular flexibility index (Phi) is 6.59. The van der Waals surface area contributed by atoms with Gasteiger partial charge in [0.05, 0.1) is 41.4 Å². The maximum atomic E-state index is 13.9. The van der Waals surface area contributed by atoms with E-state index < -0.39 is 29.6 Å². The van der Waals surface area contributed by atoms with E-state index in [1.54, 1.807) is 0 Å². The van der Waals surface area contributed by atoms with Crippen molar-refractivity contribution in [3.8, 4) is 40.0 Å². The topological polar surface area (TPSA) is 162 Å². The summed E-state index contributed by atoms with van der Waals surface area (Å²) < 4.78 is 57.5. The number of carbonyl (C=O) groups is 1. The van der Waals surface area contributed by atoms with Gasteiger partial charge < -0.3 is 29.5 Å². The molecule has 0 amide bonds. The first-order chi connectivity index (χ1) is 20.0. The largest absolute Gasteiger partial charge is 0.494 e. The first kappa shape index (κ1) is 27.6. The second-order valence-corrected chi connectivity index (χ2v) is 9.64. The summed E-state index contributed by atoms with van der Waals surface area (Å²) >= 11 is 0. The zero-order chi connectivity index (χ0) is 29.8. The van der Waals surface area contributed by atoms with Gasteiger partial charge in [0, 0.05) is 17.7 Å². The molecule has 3 aromatic heterocycles. The number of fused-ring (bicyclic) bond motifs is 5. The van der Waals surface area contributed by atoms with Crippen LogP contribution in [-0.4, -0.2) is 65.9 Å². The number of rotatable bonds is 4. The number of ether oxygens (including phenoxy) is 3. The van der Waals surface area contributed by atoms with Gasteiger partial charge in [0.15, 0.2) is 5.69 Å². The van der Waals surface area contributed by atoms with Crippen molar-refractivity contribution in [2.75, 3.05) is 20.3 Å². The van der Waals surface area contributed by atoms with Crippen LogP contribution in [-0.2, 0) is 12.3 Å². The van der Waals surface area contributed by atoms with Crippen molar-refractivity contribution in [3.63, 3.8) is 0 Å². The normalized spacial score (nSPS) is 15.5. The molecule has 1 aromatic carbocycles. The molecule has 0 saturated heterocycles. The fourth-order valence-electron chi connectivity index (χ4n) is 4.67. The van der Waals surface area contributed by atoms with E-state index in [2.05, 4.69) is 19.9 Å². The van der Waals surface area contributed by atoms with Crippen molar-refractivity contribution < 1.29 is 47.5 Å². The first-order valence-corrected chi connectivity index (χ1v) is 12.6. The third-order valence-corrected chi connectivity index (χ3v) is 6.78. The van der Waals surface area contributed by atoms with E-state index in [9.17, 15) is 33.3 Å². The Morgan fingerprint density at radius 1 is 1.02 bits per heavy atom. The summed E-state index contributed by atoms with van der Waals surface area (Å²) in [6.07, 6.45) is -3.77. The minimum absolute atomic E-state index is 0.0131. The van der Waals surface area contributed by atoms with Gasteiger partial charge in [-0.1, -0.05) is 6.07 Å². The number of carbonyl (C=O) groups excluding carboxylic acids is 1. The lowest BCUT2D eigenvalue weighted by molar-refractivity contribution is -0.374. The van der Waals surface area contributed by atoms with Gasteiger partial charge in [0.25, 0.3) is 0 Å². The van der Waals surface area contributed by atoms with Gasteiger partial charge in [-0.15, -0.1) is 0 Å². The SMILES string of the molecule is COc1cnc2cc1C(=O)c1ccc(-c3nc(C(F)(F)F)cn3C(O)(O)O)cc1OCCOc1ncnc(C3CC3)c1-2. The smallest absolute Gasteiger partial charge is 0.434 e. The lowest BCUT2D eigenvalue weighted by Gasteiger charge is -2.20. The van der Waals surface area contributed by atoms with Crippen LogP contribution in [0.3, 0.4) is 0 Å². The van der Waals surface area contributed by atoms with Crippen molar-refractivity contribution in [3.05, 3.63) is 65.5 Å². The van der Waals surface area contributed by atoms with Crippen molar-refractivity contribution >= 4 is 5.78 Å². The third kappa shape index (κ3) is 5.01. The molecule has 1 aliphatic heterocycles. The number of hydrogen-bond donors (Lipinski definition) is 3. The van der Waals surface area contributed by atoms with E-state index in [0.717, 1.165) is 18.5 Å². The van der Waals surface area contributed by atoms with Crippen LogP contribution in [0.5, 0.6) is 17.4 Å². The Labute approximate surface area is 235 Å². The monoisotopic (exact) mass is 585 g/mol. The van der Waals surface area contributed by atoms with Crippen LogP contribution in [0.1, 0.15) is 46.1 Å². The van der Waals surface area contributed by atoms with Crippen LogP contribution in [0.2, 0.25) is 0 Å². The summed E-state index contributed by atoms with van der Waals surface area (Å²) in [5.41, 5.74) is 0.209. The molecular formula is C27H22F3N5O7. The average molecular weight is 585 g/mol. The highest BCUT2D eigenvalue weighted by Gasteiger charge is 2.38. The highest BCUT2D eigenvalue weighted by molar-refractivity contribution is 6.13. The van der Waals surface area contributed by atoms with Crippen LogP contribution in [0.25, 0.3) is 22.6 Å². The number of alkyl halides is 3. The maximum Gasteiger partial charge on any atom is 0.434 e. The van der Waals surface area contributed by atoms with Crippen LogP contribution >= 0.6 is 0 Å². The number of pyridine rings is 1. The molecular weight excluding hydrogens is 563 g/mol. The molecule has 42 heavy (non-hydrogen) atoms. The zero-order valence-electron chi connectivity index (χ0n) is 21.8. The fourth-order valence-corrected chi connectivity index (χ4v) is 4.67. The van der Waals surface area contributed by atoms with Crippen LogP contribution < -0.4 is 14.2 Å². The predicted molar refractivity (Wildman–Crippen MR) is 136 cm³/mol. The average Bonchev–Trinajstić information content (AvgIpc) is 3.68. The molecule has 2 bridgehead atoms. The van der Waals surface area contributed by atoms with E-state index in [-0.39, 0.29) is 64.0 Å². The van der Waals surface area contributed by atoms with Gasteiger partial charge in [-0.25, -0.2) is 15.0 Å². The molecule has 6 rings (SSSR count). The lowest BCUT2D eigenvalue weighted by atomic mass is 9.98. The van der Waals surface area contributed by atoms with Crippen molar-refractivity contribution in [2.45, 2.75) is 31.0 Å². The standard InChI is InChI=1S/C27H22F3N5O7/c1-40-19-10-31-17-9-16(19)23(36)15-5-4-14(24-34-20(26(28,29)30)11-35(24)27(37,38)39)8-18(15)41-6-7-42-25-21(17)22(13-2-3-13)32-12-33-25/h4-5,8-13,37-39H,2-3,6-7H2,1H3. The number of aromatic nitrogens is 5. The molecule has 12 nitrogen and oxygen atoms in total. The number of nitrogens with zero attached hydrogens (tertiary/aromatic N) is 5. The molecule has 1 saturated carbocycles. The third-order valence-electron chi connectivity index (χ3n) is 6.78. The number of halogens is 3. The number of benzene rings is 1. The van der Waals surface area contributed by atoms with Crippen LogP contribution in [0.15, 0.2) is 43.0 Å². The van der Waals surface area contributed by atoms with Crippen molar-refractivity contribution in [1.29, 1.82) is 0 Å². The van der Waals surface area contributed by atoms with Gasteiger partial charge in [-0.05, 0) is 31.0 Å². The van der Waals surface area contributed by atoms with E-state index in [1.165, 1.54) is 43.9 Å². The molecule has 1 aliphatic carbocycles. The number of aliphatic hydroxyl groups is 3. The molecule has 0 radical (unpaired) electrons. The maximum absolute atomic E-state index is 13.9. The van der Waals surface area contributed by atoms with E-state index in [0.29, 0.717) is 11.3 Å². The highest BCUT2D eigenvalue weighted by Crippen LogP contribution is 2.46. The summed E-state index contributed by atoms with van der Waals surface area (Å²) in [5.74, 6) is -0.681.